The summed E-state index contributed by atoms with van der Waals surface area (Å²) < 4.78 is 7.24. The Morgan fingerprint density at radius 3 is 2.12 bits per heavy atom. The lowest BCUT2D eigenvalue weighted by atomic mass is 10.0. The predicted octanol–water partition coefficient (Wildman–Crippen LogP) is 7.16. The van der Waals surface area contributed by atoms with E-state index in [4.69, 9.17) is 16.3 Å². The number of hydrogen-bond donors (Lipinski definition) is 0. The number of likely N-dealkylation sites (tertiary alicyclic amines) is 1. The molecular formula is C27H39ClN2O2. The number of carbonyl (C=O) groups is 1. The Morgan fingerprint density at radius 1 is 1.12 bits per heavy atom. The van der Waals surface area contributed by atoms with E-state index in [1.54, 1.807) is 13.2 Å². The van der Waals surface area contributed by atoms with E-state index in [1.165, 1.54) is 38.4 Å². The molecule has 176 valence electrons. The molecule has 3 rings (SSSR count). The molecule has 5 heteroatoms. The second-order valence-electron chi connectivity index (χ2n) is 7.83. The Kier molecular flexibility index (Phi) is 12.7. The monoisotopic (exact) mass is 458 g/mol. The van der Waals surface area contributed by atoms with E-state index in [9.17, 15) is 4.79 Å². The van der Waals surface area contributed by atoms with Gasteiger partial charge in [-0.1, -0.05) is 58.4 Å². The molecule has 1 aliphatic heterocycles. The first-order valence-electron chi connectivity index (χ1n) is 11.4. The SMILES string of the molecule is C=C/C(C=O)=C\c1c(Cl)cn(-c2ccc(OC)cc2)c1C(C)C.CC.CN1CCCCC1. The van der Waals surface area contributed by atoms with Gasteiger partial charge in [0, 0.05) is 28.7 Å². The molecule has 0 spiro atoms. The number of aromatic nitrogens is 1. The lowest BCUT2D eigenvalue weighted by Crippen LogP contribution is -2.24. The molecule has 1 aromatic carbocycles. The Balaban J connectivity index is 0.000000477. The first kappa shape index (κ1) is 27.7. The van der Waals surface area contributed by atoms with Crippen molar-refractivity contribution in [1.29, 1.82) is 0 Å². The van der Waals surface area contributed by atoms with Gasteiger partial charge in [-0.15, -0.1) is 0 Å². The van der Waals surface area contributed by atoms with Crippen LogP contribution in [0.3, 0.4) is 0 Å². The summed E-state index contributed by atoms with van der Waals surface area (Å²) in [6.07, 6.45) is 10.2. The zero-order chi connectivity index (χ0) is 24.1. The van der Waals surface area contributed by atoms with Gasteiger partial charge in [-0.25, -0.2) is 0 Å². The number of carbonyl (C=O) groups excluding carboxylic acids is 1. The van der Waals surface area contributed by atoms with Crippen molar-refractivity contribution in [3.05, 3.63) is 65.0 Å². The molecule has 1 fully saturated rings. The van der Waals surface area contributed by atoms with Gasteiger partial charge in [0.15, 0.2) is 0 Å². The summed E-state index contributed by atoms with van der Waals surface area (Å²) in [6, 6.07) is 7.76. The second-order valence-corrected chi connectivity index (χ2v) is 8.24. The van der Waals surface area contributed by atoms with Gasteiger partial charge >= 0.3 is 0 Å². The van der Waals surface area contributed by atoms with Crippen LogP contribution >= 0.6 is 11.6 Å². The fraction of sp³-hybridized carbons (Fsp3) is 0.444. The molecule has 1 aromatic heterocycles. The van der Waals surface area contributed by atoms with Gasteiger partial charge in [-0.05, 0) is 69.2 Å². The molecule has 0 unspecified atom stereocenters. The van der Waals surface area contributed by atoms with Gasteiger partial charge < -0.3 is 14.2 Å². The lowest BCUT2D eigenvalue weighted by molar-refractivity contribution is -0.104. The smallest absolute Gasteiger partial charge is 0.150 e. The summed E-state index contributed by atoms with van der Waals surface area (Å²) in [6.45, 7) is 14.5. The molecule has 0 N–H and O–H groups in total. The highest BCUT2D eigenvalue weighted by molar-refractivity contribution is 6.32. The molecule has 1 aliphatic rings. The van der Waals surface area contributed by atoms with Crippen LogP contribution in [0.2, 0.25) is 5.02 Å². The Labute approximate surface area is 199 Å². The summed E-state index contributed by atoms with van der Waals surface area (Å²) in [7, 11) is 3.83. The number of piperidine rings is 1. The number of rotatable bonds is 6. The summed E-state index contributed by atoms with van der Waals surface area (Å²) >= 11 is 6.42. The fourth-order valence-electron chi connectivity index (χ4n) is 3.55. The zero-order valence-electron chi connectivity index (χ0n) is 20.5. The van der Waals surface area contributed by atoms with E-state index in [0.717, 1.165) is 29.0 Å². The molecule has 0 atom stereocenters. The molecule has 2 heterocycles. The molecule has 2 aromatic rings. The molecule has 0 saturated carbocycles. The maximum atomic E-state index is 11.1. The van der Waals surface area contributed by atoms with E-state index in [0.29, 0.717) is 10.6 Å². The molecule has 0 radical (unpaired) electrons. The van der Waals surface area contributed by atoms with Crippen molar-refractivity contribution in [3.63, 3.8) is 0 Å². The van der Waals surface area contributed by atoms with Crippen molar-refractivity contribution >= 4 is 24.0 Å². The Bertz CT molecular complexity index is 851. The van der Waals surface area contributed by atoms with Gasteiger partial charge in [0.25, 0.3) is 0 Å². The summed E-state index contributed by atoms with van der Waals surface area (Å²) in [4.78, 5) is 13.5. The van der Waals surface area contributed by atoms with Crippen LogP contribution in [0, 0.1) is 0 Å². The van der Waals surface area contributed by atoms with E-state index >= 15 is 0 Å². The number of nitrogens with zero attached hydrogens (tertiary/aromatic N) is 2. The average molecular weight is 459 g/mol. The third-order valence-electron chi connectivity index (χ3n) is 5.20. The fourth-order valence-corrected chi connectivity index (χ4v) is 3.80. The summed E-state index contributed by atoms with van der Waals surface area (Å²) in [5.74, 6) is 1.03. The highest BCUT2D eigenvalue weighted by Gasteiger charge is 2.17. The molecule has 1 saturated heterocycles. The number of halogens is 1. The number of aldehydes is 1. The van der Waals surface area contributed by atoms with Crippen molar-refractivity contribution in [2.24, 2.45) is 0 Å². The first-order chi connectivity index (χ1) is 15.4. The Morgan fingerprint density at radius 2 is 1.72 bits per heavy atom. The van der Waals surface area contributed by atoms with E-state index in [1.807, 2.05) is 48.9 Å². The van der Waals surface area contributed by atoms with Crippen LogP contribution in [0.15, 0.2) is 48.7 Å². The van der Waals surface area contributed by atoms with Gasteiger partial charge in [-0.2, -0.15) is 0 Å². The quantitative estimate of drug-likeness (QED) is 0.261. The minimum absolute atomic E-state index is 0.230. The molecule has 32 heavy (non-hydrogen) atoms. The third-order valence-corrected chi connectivity index (χ3v) is 5.50. The number of methoxy groups -OCH3 is 1. The second kappa shape index (κ2) is 14.7. The zero-order valence-corrected chi connectivity index (χ0v) is 21.3. The first-order valence-corrected chi connectivity index (χ1v) is 11.8. The molecule has 4 nitrogen and oxygen atoms in total. The minimum atomic E-state index is 0.230. The van der Waals surface area contributed by atoms with Crippen molar-refractivity contribution in [1.82, 2.24) is 9.47 Å². The van der Waals surface area contributed by atoms with Gasteiger partial charge in [0.1, 0.15) is 12.0 Å². The number of ether oxygens (including phenoxy) is 1. The minimum Gasteiger partial charge on any atom is -0.497 e. The van der Waals surface area contributed by atoms with Crippen LogP contribution in [-0.4, -0.2) is 43.0 Å². The molecular weight excluding hydrogens is 420 g/mol. The standard InChI is InChI=1S/C19H20ClNO2.C6H13N.C2H6/c1-5-14(12-22)10-17-18(20)11-21(19(17)13(2)3)15-6-8-16(23-4)9-7-15;1-7-5-3-2-4-6-7;1-2/h5-13H,1H2,2-4H3;2-6H2,1H3;1-2H3/b14-10+;;. The van der Waals surface area contributed by atoms with Gasteiger partial charge in [0.2, 0.25) is 0 Å². The molecule has 0 amide bonds. The van der Waals surface area contributed by atoms with Crippen molar-refractivity contribution in [3.8, 4) is 11.4 Å². The topological polar surface area (TPSA) is 34.5 Å². The maximum Gasteiger partial charge on any atom is 0.150 e. The Hall–Kier alpha value is -2.30. The highest BCUT2D eigenvalue weighted by atomic mass is 35.5. The van der Waals surface area contributed by atoms with E-state index in [2.05, 4.69) is 32.4 Å². The van der Waals surface area contributed by atoms with Crippen molar-refractivity contribution in [2.75, 3.05) is 27.2 Å². The van der Waals surface area contributed by atoms with Crippen LogP contribution in [-0.2, 0) is 4.79 Å². The largest absolute Gasteiger partial charge is 0.497 e. The highest BCUT2D eigenvalue weighted by Crippen LogP contribution is 2.33. The van der Waals surface area contributed by atoms with Gasteiger partial charge in [0.05, 0.1) is 12.1 Å². The van der Waals surface area contributed by atoms with Crippen LogP contribution < -0.4 is 4.74 Å². The third kappa shape index (κ3) is 7.99. The van der Waals surface area contributed by atoms with E-state index in [-0.39, 0.29) is 5.92 Å². The number of benzene rings is 1. The normalized spacial score (nSPS) is 14.1. The predicted molar refractivity (Wildman–Crippen MR) is 138 cm³/mol. The summed E-state index contributed by atoms with van der Waals surface area (Å²) in [5.41, 5.74) is 3.38. The van der Waals surface area contributed by atoms with Crippen molar-refractivity contribution in [2.45, 2.75) is 52.9 Å². The number of allylic oxidation sites excluding steroid dienone is 2. The van der Waals surface area contributed by atoms with E-state index < -0.39 is 0 Å². The summed E-state index contributed by atoms with van der Waals surface area (Å²) in [5, 5.41) is 0.603. The van der Waals surface area contributed by atoms with Gasteiger partial charge in [-0.3, -0.25) is 4.79 Å². The molecule has 0 bridgehead atoms. The lowest BCUT2D eigenvalue weighted by Gasteiger charge is -2.20. The average Bonchev–Trinajstić information content (AvgIpc) is 3.15. The van der Waals surface area contributed by atoms with Crippen LogP contribution in [0.4, 0.5) is 0 Å². The van der Waals surface area contributed by atoms with Crippen LogP contribution in [0.1, 0.15) is 64.1 Å². The van der Waals surface area contributed by atoms with Crippen molar-refractivity contribution < 1.29 is 9.53 Å². The maximum absolute atomic E-state index is 11.1. The number of hydrogen-bond acceptors (Lipinski definition) is 3. The van der Waals surface area contributed by atoms with Crippen LogP contribution in [0.25, 0.3) is 11.8 Å². The molecule has 0 aliphatic carbocycles. The van der Waals surface area contributed by atoms with Crippen LogP contribution in [0.5, 0.6) is 5.75 Å².